The number of allylic oxidation sites excluding steroid dienone is 3. The number of nitrogens with zero attached hydrogens (tertiary/aromatic N) is 1. The van der Waals surface area contributed by atoms with Crippen molar-refractivity contribution in [2.75, 3.05) is 0 Å². The molecule has 0 spiro atoms. The zero-order chi connectivity index (χ0) is 22.5. The third-order valence-electron chi connectivity index (χ3n) is 4.01. The number of nitro benzene ring substituents is 1. The van der Waals surface area contributed by atoms with Gasteiger partial charge in [0, 0.05) is 6.07 Å². The largest absolute Gasteiger partial charge is 0.480 e. The van der Waals surface area contributed by atoms with E-state index in [2.05, 4.69) is 0 Å². The first kappa shape index (κ1) is 22.0. The molecular weight excluding hydrogens is 426 g/mol. The van der Waals surface area contributed by atoms with Gasteiger partial charge in [-0.05, 0) is 6.07 Å². The lowest BCUT2D eigenvalue weighted by molar-refractivity contribution is -0.385. The molecule has 6 nitrogen and oxygen atoms in total. The number of carboxylic acid groups (broad SMARTS) is 1. The van der Waals surface area contributed by atoms with E-state index in [0.29, 0.717) is 6.07 Å². The molecule has 0 amide bonds. The van der Waals surface area contributed by atoms with Gasteiger partial charge in [0.25, 0.3) is 5.69 Å². The zero-order valence-corrected chi connectivity index (χ0v) is 13.4. The molecule has 1 N–H and O–H groups in total. The van der Waals surface area contributed by atoms with Crippen molar-refractivity contribution in [3.63, 3.8) is 0 Å². The van der Waals surface area contributed by atoms with E-state index in [1.165, 1.54) is 0 Å². The minimum atomic E-state index is -5.59. The average Bonchev–Trinajstić information content (AvgIpc) is 2.63. The summed E-state index contributed by atoms with van der Waals surface area (Å²) in [6, 6.07) is 0.724. The fourth-order valence-corrected chi connectivity index (χ4v) is 2.67. The van der Waals surface area contributed by atoms with Crippen LogP contribution in [-0.2, 0) is 11.0 Å². The Morgan fingerprint density at radius 3 is 2.10 bits per heavy atom. The number of hydrogen-bond donors (Lipinski definition) is 1. The van der Waals surface area contributed by atoms with Crippen LogP contribution in [0.2, 0.25) is 0 Å². The fourth-order valence-electron chi connectivity index (χ4n) is 2.67. The molecule has 2 atom stereocenters. The monoisotopic (exact) mass is 431 g/mol. The number of carbonyl (C=O) groups is 2. The van der Waals surface area contributed by atoms with Gasteiger partial charge in [-0.15, -0.1) is 0 Å². The molecule has 29 heavy (non-hydrogen) atoms. The molecule has 2 rings (SSSR count). The van der Waals surface area contributed by atoms with E-state index < -0.39 is 74.6 Å². The van der Waals surface area contributed by atoms with Gasteiger partial charge in [0.05, 0.1) is 10.5 Å². The van der Waals surface area contributed by atoms with Crippen molar-refractivity contribution in [3.8, 4) is 0 Å². The summed E-state index contributed by atoms with van der Waals surface area (Å²) in [7, 11) is 0. The molecule has 0 radical (unpaired) electrons. The van der Waals surface area contributed by atoms with E-state index in [1.54, 1.807) is 0 Å². The molecule has 1 aliphatic rings. The lowest BCUT2D eigenvalue weighted by Crippen LogP contribution is -2.50. The average molecular weight is 431 g/mol. The van der Waals surface area contributed by atoms with Crippen LogP contribution in [0, 0.1) is 15.5 Å². The Kier molecular flexibility index (Phi) is 5.25. The lowest BCUT2D eigenvalue weighted by Gasteiger charge is -2.32. The van der Waals surface area contributed by atoms with E-state index in [4.69, 9.17) is 5.11 Å². The maximum absolute atomic E-state index is 14.4. The molecular formula is C15H5F8NO5. The van der Waals surface area contributed by atoms with Crippen LogP contribution in [-0.4, -0.2) is 28.0 Å². The summed E-state index contributed by atoms with van der Waals surface area (Å²) in [6.07, 6.45) is -9.75. The number of hydrogen-bond acceptors (Lipinski definition) is 4. The summed E-state index contributed by atoms with van der Waals surface area (Å²) in [4.78, 5) is 33.5. The molecule has 156 valence electrons. The molecule has 0 saturated heterocycles. The fraction of sp³-hybridized carbons (Fsp3) is 0.200. The van der Waals surface area contributed by atoms with Crippen LogP contribution in [0.5, 0.6) is 0 Å². The number of halogens is 8. The Bertz CT molecular complexity index is 999. The molecule has 14 heteroatoms. The first-order valence-corrected chi connectivity index (χ1v) is 7.08. The van der Waals surface area contributed by atoms with Crippen LogP contribution in [0.4, 0.5) is 40.8 Å². The van der Waals surface area contributed by atoms with E-state index in [-0.39, 0.29) is 12.1 Å². The molecule has 0 saturated carbocycles. The number of nitro groups is 1. The number of carboxylic acids is 1. The third-order valence-corrected chi connectivity index (χ3v) is 4.01. The van der Waals surface area contributed by atoms with Crippen molar-refractivity contribution in [2.45, 2.75) is 12.3 Å². The minimum Gasteiger partial charge on any atom is -0.480 e. The van der Waals surface area contributed by atoms with Crippen molar-refractivity contribution < 1.29 is 54.7 Å². The van der Waals surface area contributed by atoms with Crippen LogP contribution in [0.3, 0.4) is 0 Å². The first-order valence-electron chi connectivity index (χ1n) is 7.08. The smallest absolute Gasteiger partial charge is 0.417 e. The van der Waals surface area contributed by atoms with Gasteiger partial charge in [0.15, 0.2) is 35.3 Å². The molecule has 0 fully saturated rings. The highest BCUT2D eigenvalue weighted by Gasteiger charge is 2.65. The van der Waals surface area contributed by atoms with Crippen LogP contribution >= 0.6 is 0 Å². The van der Waals surface area contributed by atoms with E-state index in [0.717, 1.165) is 0 Å². The van der Waals surface area contributed by atoms with Crippen molar-refractivity contribution in [2.24, 2.45) is 5.41 Å². The van der Waals surface area contributed by atoms with Gasteiger partial charge in [-0.25, -0.2) is 22.0 Å². The van der Waals surface area contributed by atoms with Gasteiger partial charge in [-0.2, -0.15) is 13.2 Å². The van der Waals surface area contributed by atoms with E-state index in [9.17, 15) is 54.8 Å². The number of rotatable bonds is 4. The Morgan fingerprint density at radius 2 is 1.66 bits per heavy atom. The second kappa shape index (κ2) is 6.93. The number of ketones is 1. The highest BCUT2D eigenvalue weighted by atomic mass is 19.4. The normalized spacial score (nSPS) is 22.7. The van der Waals surface area contributed by atoms with Crippen molar-refractivity contribution in [1.82, 2.24) is 0 Å². The summed E-state index contributed by atoms with van der Waals surface area (Å²) in [6.45, 7) is 0. The van der Waals surface area contributed by atoms with Crippen LogP contribution in [0.25, 0.3) is 0 Å². The number of carbonyl (C=O) groups excluding carboxylic acids is 1. The second-order valence-electron chi connectivity index (χ2n) is 5.55. The molecule has 1 aliphatic carbocycles. The molecule has 0 aromatic heterocycles. The predicted molar refractivity (Wildman–Crippen MR) is 75.9 cm³/mol. The quantitative estimate of drug-likeness (QED) is 0.249. The van der Waals surface area contributed by atoms with Gasteiger partial charge in [0.1, 0.15) is 5.56 Å². The summed E-state index contributed by atoms with van der Waals surface area (Å²) in [5.74, 6) is -17.7. The van der Waals surface area contributed by atoms with Crippen LogP contribution in [0.1, 0.15) is 15.9 Å². The maximum atomic E-state index is 14.4. The Hall–Kier alpha value is -3.32. The number of alkyl halides is 4. The third kappa shape index (κ3) is 3.03. The van der Waals surface area contributed by atoms with Gasteiger partial charge >= 0.3 is 12.1 Å². The van der Waals surface area contributed by atoms with Crippen molar-refractivity contribution >= 4 is 17.4 Å². The predicted octanol–water partition coefficient (Wildman–Crippen LogP) is 4.52. The highest BCUT2D eigenvalue weighted by Crippen LogP contribution is 2.51. The van der Waals surface area contributed by atoms with Crippen molar-refractivity contribution in [3.05, 3.63) is 62.7 Å². The maximum Gasteiger partial charge on any atom is 0.417 e. The second-order valence-corrected chi connectivity index (χ2v) is 5.55. The summed E-state index contributed by atoms with van der Waals surface area (Å²) in [5.41, 5.74) is -10.8. The van der Waals surface area contributed by atoms with E-state index >= 15 is 0 Å². The standard InChI is InChI=1S/C15H5F8NO5/c16-7-8(17)10(19)14(13(26)27,11(20)9(7)18)12(25)6-4(15(21,22)23)2-1-3-5(6)24(28)29/h1-3,10H,(H,26,27). The highest BCUT2D eigenvalue weighted by molar-refractivity contribution is 6.18. The van der Waals surface area contributed by atoms with Gasteiger partial charge in [-0.3, -0.25) is 19.7 Å². The zero-order valence-electron chi connectivity index (χ0n) is 13.4. The number of aliphatic carboxylic acids is 1. The minimum absolute atomic E-state index is 0.0383. The Morgan fingerprint density at radius 1 is 1.10 bits per heavy atom. The molecule has 1 aromatic rings. The number of Topliss-reactive ketones (excluding diaryl/α,β-unsaturated/α-hetero) is 1. The lowest BCUT2D eigenvalue weighted by atomic mass is 9.71. The molecule has 0 bridgehead atoms. The molecule has 1 aromatic carbocycles. The molecule has 0 heterocycles. The Labute approximate surface area is 153 Å². The molecule has 0 aliphatic heterocycles. The first-order chi connectivity index (χ1) is 13.2. The Balaban J connectivity index is 2.99. The van der Waals surface area contributed by atoms with Gasteiger partial charge in [-0.1, -0.05) is 6.07 Å². The van der Waals surface area contributed by atoms with Crippen LogP contribution < -0.4 is 0 Å². The van der Waals surface area contributed by atoms with Gasteiger partial charge in [0.2, 0.25) is 5.41 Å². The molecule has 2 unspecified atom stereocenters. The topological polar surface area (TPSA) is 97.5 Å². The number of benzene rings is 1. The van der Waals surface area contributed by atoms with E-state index in [1.807, 2.05) is 0 Å². The summed E-state index contributed by atoms with van der Waals surface area (Å²) in [5, 5.41) is 20.2. The summed E-state index contributed by atoms with van der Waals surface area (Å²) >= 11 is 0. The van der Waals surface area contributed by atoms with Gasteiger partial charge < -0.3 is 5.11 Å². The SMILES string of the molecule is O=C(O)C1(C(=O)c2c([N+](=O)[O-])cccc2C(F)(F)F)C(F)=C(F)C(F)=C(F)C1F. The van der Waals surface area contributed by atoms with Crippen molar-refractivity contribution in [1.29, 1.82) is 0 Å². The summed E-state index contributed by atoms with van der Waals surface area (Å²) < 4.78 is 109. The van der Waals surface area contributed by atoms with Crippen LogP contribution in [0.15, 0.2) is 41.5 Å².